The van der Waals surface area contributed by atoms with E-state index >= 15 is 0 Å². The van der Waals surface area contributed by atoms with E-state index in [1.54, 1.807) is 10.9 Å². The summed E-state index contributed by atoms with van der Waals surface area (Å²) in [5.74, 6) is 0.330. The zero-order valence-electron chi connectivity index (χ0n) is 11.8. The topological polar surface area (TPSA) is 136 Å². The Bertz CT molecular complexity index is 681. The van der Waals surface area contributed by atoms with E-state index in [2.05, 4.69) is 15.0 Å². The zero-order chi connectivity index (χ0) is 15.6. The average Bonchev–Trinajstić information content (AvgIpc) is 2.75. The van der Waals surface area contributed by atoms with Crippen LogP contribution >= 0.6 is 7.60 Å². The van der Waals surface area contributed by atoms with Crippen molar-refractivity contribution in [2.75, 3.05) is 18.7 Å². The third kappa shape index (κ3) is 3.98. The number of nitrogens with two attached hydrogens (primary N) is 1. The lowest BCUT2D eigenvalue weighted by Gasteiger charge is -2.08. The monoisotopic (exact) mass is 315 g/mol. The second-order valence-corrected chi connectivity index (χ2v) is 6.52. The van der Waals surface area contributed by atoms with E-state index in [4.69, 9.17) is 20.3 Å². The van der Waals surface area contributed by atoms with Crippen molar-refractivity contribution in [1.29, 1.82) is 0 Å². The van der Waals surface area contributed by atoms with Crippen molar-refractivity contribution < 1.29 is 19.1 Å². The van der Waals surface area contributed by atoms with Gasteiger partial charge in [0.1, 0.15) is 11.9 Å². The fourth-order valence-corrected chi connectivity index (χ4v) is 2.26. The van der Waals surface area contributed by atoms with Crippen LogP contribution in [0.15, 0.2) is 6.33 Å². The summed E-state index contributed by atoms with van der Waals surface area (Å²) in [5.41, 5.74) is 7.74. The maximum absolute atomic E-state index is 10.7. The number of ether oxygens (including phenoxy) is 1. The number of hydrogen-bond acceptors (Lipinski definition) is 6. The van der Waals surface area contributed by atoms with Gasteiger partial charge < -0.3 is 24.8 Å². The summed E-state index contributed by atoms with van der Waals surface area (Å²) in [6, 6.07) is 0. The molecule has 10 heteroatoms. The van der Waals surface area contributed by atoms with Gasteiger partial charge in [0.25, 0.3) is 0 Å². The molecule has 0 bridgehead atoms. The van der Waals surface area contributed by atoms with Gasteiger partial charge in [0.15, 0.2) is 5.65 Å². The molecule has 0 spiro atoms. The van der Waals surface area contributed by atoms with Crippen molar-refractivity contribution >= 4 is 24.7 Å². The normalized spacial score (nSPS) is 12.4. The standard InChI is InChI=1S/C11H18N5O4P/c1-7(2)8-9-10(15-11(12)14-8)16(5-13-9)3-4-20-6-21(17,18)19/h5,7H,3-4,6H2,1-2H3,(H2,12,14,15)(H2,17,18,19). The first-order chi connectivity index (χ1) is 9.78. The Morgan fingerprint density at radius 2 is 2.14 bits per heavy atom. The zero-order valence-corrected chi connectivity index (χ0v) is 12.7. The molecule has 0 aliphatic carbocycles. The Kier molecular flexibility index (Phi) is 4.58. The molecular weight excluding hydrogens is 297 g/mol. The highest BCUT2D eigenvalue weighted by atomic mass is 31.2. The predicted octanol–water partition coefficient (Wildman–Crippen LogP) is 0.684. The molecule has 0 amide bonds. The molecule has 0 radical (unpaired) electrons. The molecule has 2 rings (SSSR count). The molecule has 0 aliphatic rings. The Morgan fingerprint density at radius 1 is 1.43 bits per heavy atom. The minimum absolute atomic E-state index is 0.136. The van der Waals surface area contributed by atoms with Crippen molar-refractivity contribution in [2.24, 2.45) is 0 Å². The minimum atomic E-state index is -4.14. The number of hydrogen-bond donors (Lipinski definition) is 3. The van der Waals surface area contributed by atoms with E-state index in [-0.39, 0.29) is 18.5 Å². The number of nitrogen functional groups attached to an aromatic ring is 1. The molecule has 116 valence electrons. The van der Waals surface area contributed by atoms with Gasteiger partial charge in [-0.1, -0.05) is 13.8 Å². The lowest BCUT2D eigenvalue weighted by atomic mass is 10.1. The van der Waals surface area contributed by atoms with Gasteiger partial charge in [-0.15, -0.1) is 0 Å². The molecule has 0 atom stereocenters. The number of nitrogens with zero attached hydrogens (tertiary/aromatic N) is 4. The molecule has 2 aromatic rings. The van der Waals surface area contributed by atoms with Crippen LogP contribution in [0.2, 0.25) is 0 Å². The summed E-state index contributed by atoms with van der Waals surface area (Å²) < 4.78 is 17.3. The van der Waals surface area contributed by atoms with Crippen LogP contribution in [-0.4, -0.2) is 42.3 Å². The maximum Gasteiger partial charge on any atom is 0.350 e. The second-order valence-electron chi connectivity index (χ2n) is 4.93. The summed E-state index contributed by atoms with van der Waals surface area (Å²) in [5, 5.41) is 0. The van der Waals surface area contributed by atoms with Crippen LogP contribution in [0, 0.1) is 0 Å². The summed E-state index contributed by atoms with van der Waals surface area (Å²) in [4.78, 5) is 30.1. The Hall–Kier alpha value is -1.54. The number of rotatable bonds is 6. The van der Waals surface area contributed by atoms with Crippen LogP contribution < -0.4 is 5.73 Å². The molecule has 0 fully saturated rings. The molecule has 0 aromatic carbocycles. The second kappa shape index (κ2) is 6.07. The summed E-state index contributed by atoms with van der Waals surface area (Å²) >= 11 is 0. The SMILES string of the molecule is CC(C)c1nc(N)nc2c1ncn2CCOCP(=O)(O)O. The van der Waals surface area contributed by atoms with E-state index in [1.807, 2.05) is 13.8 Å². The van der Waals surface area contributed by atoms with Crippen molar-refractivity contribution in [3.8, 4) is 0 Å². The van der Waals surface area contributed by atoms with Crippen LogP contribution in [0.1, 0.15) is 25.5 Å². The molecule has 9 nitrogen and oxygen atoms in total. The summed E-state index contributed by atoms with van der Waals surface area (Å²) in [6.07, 6.45) is 0.986. The van der Waals surface area contributed by atoms with E-state index in [1.165, 1.54) is 0 Å². The molecule has 2 heterocycles. The predicted molar refractivity (Wildman–Crippen MR) is 76.7 cm³/mol. The fourth-order valence-electron chi connectivity index (χ4n) is 1.90. The molecule has 0 unspecified atom stereocenters. The lowest BCUT2D eigenvalue weighted by Crippen LogP contribution is -2.08. The molecule has 0 saturated heterocycles. The van der Waals surface area contributed by atoms with Crippen LogP contribution in [0.25, 0.3) is 11.2 Å². The highest BCUT2D eigenvalue weighted by molar-refractivity contribution is 7.51. The van der Waals surface area contributed by atoms with Gasteiger partial charge in [-0.25, -0.2) is 9.97 Å². The first-order valence-corrected chi connectivity index (χ1v) is 8.18. The summed E-state index contributed by atoms with van der Waals surface area (Å²) in [7, 11) is -4.14. The third-order valence-corrected chi connectivity index (χ3v) is 3.31. The van der Waals surface area contributed by atoms with Gasteiger partial charge in [-0.05, 0) is 5.92 Å². The smallest absolute Gasteiger partial charge is 0.350 e. The highest BCUT2D eigenvalue weighted by Gasteiger charge is 2.15. The first-order valence-electron chi connectivity index (χ1n) is 6.38. The largest absolute Gasteiger partial charge is 0.368 e. The van der Waals surface area contributed by atoms with Crippen LogP contribution in [0.5, 0.6) is 0 Å². The lowest BCUT2D eigenvalue weighted by molar-refractivity contribution is 0.149. The molecule has 21 heavy (non-hydrogen) atoms. The van der Waals surface area contributed by atoms with Gasteiger partial charge in [0, 0.05) is 6.54 Å². The quantitative estimate of drug-likeness (QED) is 0.523. The number of imidazole rings is 1. The van der Waals surface area contributed by atoms with Gasteiger partial charge in [0.2, 0.25) is 5.95 Å². The average molecular weight is 315 g/mol. The minimum Gasteiger partial charge on any atom is -0.368 e. The third-order valence-electron chi connectivity index (χ3n) is 2.79. The highest BCUT2D eigenvalue weighted by Crippen LogP contribution is 2.33. The molecule has 2 aromatic heterocycles. The van der Waals surface area contributed by atoms with E-state index in [9.17, 15) is 4.57 Å². The fraction of sp³-hybridized carbons (Fsp3) is 0.545. The maximum atomic E-state index is 10.7. The van der Waals surface area contributed by atoms with Crippen molar-refractivity contribution in [2.45, 2.75) is 26.3 Å². The van der Waals surface area contributed by atoms with E-state index in [0.717, 1.165) is 5.69 Å². The number of anilines is 1. The molecule has 0 saturated carbocycles. The van der Waals surface area contributed by atoms with E-state index < -0.39 is 13.9 Å². The Labute approximate surface area is 121 Å². The Balaban J connectivity index is 2.16. The summed E-state index contributed by atoms with van der Waals surface area (Å²) in [6.45, 7) is 4.48. The van der Waals surface area contributed by atoms with Crippen LogP contribution in [0.3, 0.4) is 0 Å². The van der Waals surface area contributed by atoms with Crippen molar-refractivity contribution in [1.82, 2.24) is 19.5 Å². The van der Waals surface area contributed by atoms with Crippen LogP contribution in [-0.2, 0) is 15.8 Å². The Morgan fingerprint density at radius 3 is 2.76 bits per heavy atom. The van der Waals surface area contributed by atoms with Crippen molar-refractivity contribution in [3.63, 3.8) is 0 Å². The molecule has 0 aliphatic heterocycles. The first kappa shape index (κ1) is 15.8. The van der Waals surface area contributed by atoms with Crippen molar-refractivity contribution in [3.05, 3.63) is 12.0 Å². The van der Waals surface area contributed by atoms with Gasteiger partial charge in [-0.3, -0.25) is 4.57 Å². The van der Waals surface area contributed by atoms with E-state index in [0.29, 0.717) is 17.7 Å². The van der Waals surface area contributed by atoms with Gasteiger partial charge >= 0.3 is 7.60 Å². The molecular formula is C11H18N5O4P. The number of aromatic nitrogens is 4. The molecule has 4 N–H and O–H groups in total. The van der Waals surface area contributed by atoms with Gasteiger partial charge in [0.05, 0.1) is 18.6 Å². The number of fused-ring (bicyclic) bond motifs is 1. The van der Waals surface area contributed by atoms with Crippen LogP contribution in [0.4, 0.5) is 5.95 Å². The van der Waals surface area contributed by atoms with Gasteiger partial charge in [-0.2, -0.15) is 4.98 Å².